The second kappa shape index (κ2) is 5.81. The Morgan fingerprint density at radius 3 is 2.61 bits per heavy atom. The number of benzene rings is 2. The normalized spacial score (nSPS) is 10.4. The van der Waals surface area contributed by atoms with Crippen LogP contribution in [0.3, 0.4) is 0 Å². The molecule has 4 N–H and O–H groups in total. The summed E-state index contributed by atoms with van der Waals surface area (Å²) in [6.45, 7) is 3.46. The minimum absolute atomic E-state index is 0.281. The van der Waals surface area contributed by atoms with Crippen molar-refractivity contribution in [2.45, 2.75) is 0 Å². The van der Waals surface area contributed by atoms with Crippen LogP contribution in [0.4, 0.5) is 5.69 Å². The first-order valence-electron chi connectivity index (χ1n) is 7.04. The fraction of sp³-hybridized carbons (Fsp3) is 0. The SMILES string of the molecule is C=CC(=O)Nc1ccccc1-c1ccc(C(N)=O)c2[nH]ccc12. The summed E-state index contributed by atoms with van der Waals surface area (Å²) in [5.41, 5.74) is 8.94. The van der Waals surface area contributed by atoms with Crippen LogP contribution in [0, 0.1) is 0 Å². The van der Waals surface area contributed by atoms with Crippen molar-refractivity contribution in [1.82, 2.24) is 4.98 Å². The number of carbonyl (C=O) groups excluding carboxylic acids is 2. The number of para-hydroxylation sites is 1. The van der Waals surface area contributed by atoms with E-state index in [-0.39, 0.29) is 5.91 Å². The molecular formula is C18H15N3O2. The van der Waals surface area contributed by atoms with Crippen LogP contribution in [0.15, 0.2) is 61.3 Å². The van der Waals surface area contributed by atoms with Gasteiger partial charge in [-0.1, -0.05) is 30.8 Å². The molecule has 0 bridgehead atoms. The summed E-state index contributed by atoms with van der Waals surface area (Å²) in [6.07, 6.45) is 2.98. The Labute approximate surface area is 132 Å². The minimum atomic E-state index is -0.489. The maximum Gasteiger partial charge on any atom is 0.250 e. The monoisotopic (exact) mass is 305 g/mol. The Hall–Kier alpha value is -3.34. The Kier molecular flexibility index (Phi) is 3.68. The topological polar surface area (TPSA) is 88.0 Å². The van der Waals surface area contributed by atoms with E-state index in [1.165, 1.54) is 6.08 Å². The number of carbonyl (C=O) groups is 2. The van der Waals surface area contributed by atoms with E-state index in [4.69, 9.17) is 5.73 Å². The predicted molar refractivity (Wildman–Crippen MR) is 91.1 cm³/mol. The minimum Gasteiger partial charge on any atom is -0.366 e. The molecule has 0 fully saturated rings. The smallest absolute Gasteiger partial charge is 0.250 e. The van der Waals surface area contributed by atoms with Crippen LogP contribution >= 0.6 is 0 Å². The summed E-state index contributed by atoms with van der Waals surface area (Å²) in [6, 6.07) is 12.8. The fourth-order valence-electron chi connectivity index (χ4n) is 2.61. The van der Waals surface area contributed by atoms with Crippen LogP contribution in [-0.4, -0.2) is 16.8 Å². The summed E-state index contributed by atoms with van der Waals surface area (Å²) in [5.74, 6) is -0.770. The maximum atomic E-state index is 11.6. The van der Waals surface area contributed by atoms with E-state index in [1.54, 1.807) is 12.3 Å². The van der Waals surface area contributed by atoms with Crippen LogP contribution in [0.1, 0.15) is 10.4 Å². The third-order valence-corrected chi connectivity index (χ3v) is 3.65. The molecule has 0 atom stereocenters. The van der Waals surface area contributed by atoms with E-state index < -0.39 is 5.91 Å². The van der Waals surface area contributed by atoms with Gasteiger partial charge in [-0.25, -0.2) is 0 Å². The van der Waals surface area contributed by atoms with Crippen LogP contribution in [0.5, 0.6) is 0 Å². The summed E-state index contributed by atoms with van der Waals surface area (Å²) >= 11 is 0. The Morgan fingerprint density at radius 2 is 1.87 bits per heavy atom. The predicted octanol–water partition coefficient (Wildman–Crippen LogP) is 3.06. The van der Waals surface area contributed by atoms with E-state index in [0.717, 1.165) is 16.5 Å². The molecule has 114 valence electrons. The quantitative estimate of drug-likeness (QED) is 0.647. The van der Waals surface area contributed by atoms with Crippen molar-refractivity contribution in [1.29, 1.82) is 0 Å². The zero-order chi connectivity index (χ0) is 16.4. The van der Waals surface area contributed by atoms with Gasteiger partial charge in [-0.15, -0.1) is 0 Å². The van der Waals surface area contributed by atoms with Gasteiger partial charge in [0.1, 0.15) is 0 Å². The van der Waals surface area contributed by atoms with E-state index >= 15 is 0 Å². The number of H-pyrrole nitrogens is 1. The average Bonchev–Trinajstić information content (AvgIpc) is 3.03. The second-order valence-corrected chi connectivity index (χ2v) is 5.03. The second-order valence-electron chi connectivity index (χ2n) is 5.03. The first-order valence-corrected chi connectivity index (χ1v) is 7.04. The molecule has 0 aliphatic heterocycles. The number of hydrogen-bond acceptors (Lipinski definition) is 2. The number of amides is 2. The number of rotatable bonds is 4. The van der Waals surface area contributed by atoms with Gasteiger partial charge >= 0.3 is 0 Å². The highest BCUT2D eigenvalue weighted by Gasteiger charge is 2.14. The number of nitrogens with one attached hydrogen (secondary N) is 2. The lowest BCUT2D eigenvalue weighted by Gasteiger charge is -2.12. The standard InChI is InChI=1S/C18H15N3O2/c1-2-16(22)21-15-6-4-3-5-12(15)11-7-8-14(18(19)23)17-13(11)9-10-20-17/h2-10,20H,1H2,(H2,19,23)(H,21,22). The number of anilines is 1. The zero-order valence-corrected chi connectivity index (χ0v) is 12.3. The Bertz CT molecular complexity index is 925. The van der Waals surface area contributed by atoms with Crippen LogP contribution < -0.4 is 11.1 Å². The van der Waals surface area contributed by atoms with Gasteiger partial charge < -0.3 is 16.0 Å². The molecule has 0 radical (unpaired) electrons. The summed E-state index contributed by atoms with van der Waals surface area (Å²) < 4.78 is 0. The van der Waals surface area contributed by atoms with Gasteiger partial charge in [0, 0.05) is 22.8 Å². The third-order valence-electron chi connectivity index (χ3n) is 3.65. The number of aromatic nitrogens is 1. The van der Waals surface area contributed by atoms with Crippen LogP contribution in [0.2, 0.25) is 0 Å². The maximum absolute atomic E-state index is 11.6. The average molecular weight is 305 g/mol. The first kappa shape index (κ1) is 14.6. The van der Waals surface area contributed by atoms with Crippen molar-refractivity contribution in [3.8, 4) is 11.1 Å². The number of primary amides is 1. The molecule has 3 aromatic rings. The van der Waals surface area contributed by atoms with Crippen molar-refractivity contribution in [2.24, 2.45) is 5.73 Å². The summed E-state index contributed by atoms with van der Waals surface area (Å²) in [5, 5.41) is 3.66. The highest BCUT2D eigenvalue weighted by atomic mass is 16.1. The molecule has 0 aliphatic rings. The highest BCUT2D eigenvalue weighted by molar-refractivity contribution is 6.11. The lowest BCUT2D eigenvalue weighted by molar-refractivity contribution is -0.111. The zero-order valence-electron chi connectivity index (χ0n) is 12.3. The van der Waals surface area contributed by atoms with Crippen molar-refractivity contribution < 1.29 is 9.59 Å². The molecule has 2 amide bonds. The van der Waals surface area contributed by atoms with Gasteiger partial charge in [0.2, 0.25) is 5.91 Å². The molecule has 0 aliphatic carbocycles. The van der Waals surface area contributed by atoms with Gasteiger partial charge in [-0.2, -0.15) is 0 Å². The summed E-state index contributed by atoms with van der Waals surface area (Å²) in [7, 11) is 0. The van der Waals surface area contributed by atoms with E-state index in [2.05, 4.69) is 16.9 Å². The molecule has 1 aromatic heterocycles. The van der Waals surface area contributed by atoms with Crippen LogP contribution in [0.25, 0.3) is 22.0 Å². The molecule has 3 rings (SSSR count). The first-order chi connectivity index (χ1) is 11.1. The molecule has 1 heterocycles. The summed E-state index contributed by atoms with van der Waals surface area (Å²) in [4.78, 5) is 26.2. The molecule has 23 heavy (non-hydrogen) atoms. The molecule has 0 spiro atoms. The van der Waals surface area contributed by atoms with E-state index in [1.807, 2.05) is 36.4 Å². The molecule has 5 nitrogen and oxygen atoms in total. The van der Waals surface area contributed by atoms with Crippen molar-refractivity contribution in [3.63, 3.8) is 0 Å². The lowest BCUT2D eigenvalue weighted by atomic mass is 9.97. The largest absolute Gasteiger partial charge is 0.366 e. The van der Waals surface area contributed by atoms with E-state index in [0.29, 0.717) is 16.8 Å². The lowest BCUT2D eigenvalue weighted by Crippen LogP contribution is -2.11. The molecule has 5 heteroatoms. The fourth-order valence-corrected chi connectivity index (χ4v) is 2.61. The van der Waals surface area contributed by atoms with Gasteiger partial charge in [0.15, 0.2) is 0 Å². The van der Waals surface area contributed by atoms with Crippen molar-refractivity contribution in [2.75, 3.05) is 5.32 Å². The van der Waals surface area contributed by atoms with Gasteiger partial charge in [-0.05, 0) is 29.8 Å². The van der Waals surface area contributed by atoms with Gasteiger partial charge in [0.25, 0.3) is 5.91 Å². The number of nitrogens with two attached hydrogens (primary N) is 1. The molecule has 0 saturated heterocycles. The molecular weight excluding hydrogens is 290 g/mol. The molecule has 0 unspecified atom stereocenters. The van der Waals surface area contributed by atoms with Gasteiger partial charge in [0.05, 0.1) is 11.1 Å². The van der Waals surface area contributed by atoms with Gasteiger partial charge in [-0.3, -0.25) is 9.59 Å². The van der Waals surface area contributed by atoms with Crippen LogP contribution in [-0.2, 0) is 4.79 Å². The number of fused-ring (bicyclic) bond motifs is 1. The Morgan fingerprint density at radius 1 is 1.09 bits per heavy atom. The molecule has 0 saturated carbocycles. The number of aromatic amines is 1. The Balaban J connectivity index is 2.20. The van der Waals surface area contributed by atoms with Crippen molar-refractivity contribution in [3.05, 3.63) is 66.9 Å². The number of hydrogen-bond donors (Lipinski definition) is 3. The van der Waals surface area contributed by atoms with Crippen molar-refractivity contribution >= 4 is 28.4 Å². The molecule has 2 aromatic carbocycles. The van der Waals surface area contributed by atoms with E-state index in [9.17, 15) is 9.59 Å². The highest BCUT2D eigenvalue weighted by Crippen LogP contribution is 2.34. The third kappa shape index (κ3) is 2.60.